The van der Waals surface area contributed by atoms with Gasteiger partial charge in [-0.3, -0.25) is 4.90 Å². The van der Waals surface area contributed by atoms with Crippen LogP contribution >= 0.6 is 0 Å². The lowest BCUT2D eigenvalue weighted by Gasteiger charge is -2.35. The first-order chi connectivity index (χ1) is 11.8. The predicted molar refractivity (Wildman–Crippen MR) is 91.7 cm³/mol. The predicted octanol–water partition coefficient (Wildman–Crippen LogP) is 3.16. The minimum absolute atomic E-state index is 0.297. The highest BCUT2D eigenvalue weighted by molar-refractivity contribution is 5.50. The molecule has 0 amide bonds. The first kappa shape index (κ1) is 16.6. The van der Waals surface area contributed by atoms with Crippen LogP contribution in [0.4, 0.5) is 0 Å². The highest BCUT2D eigenvalue weighted by Gasteiger charge is 2.28. The van der Waals surface area contributed by atoms with Gasteiger partial charge in [0.1, 0.15) is 23.1 Å². The summed E-state index contributed by atoms with van der Waals surface area (Å²) in [7, 11) is 5.00. The molecule has 2 aromatic rings. The smallest absolute Gasteiger partial charge is 0.130 e. The van der Waals surface area contributed by atoms with E-state index in [-0.39, 0.29) is 0 Å². The van der Waals surface area contributed by atoms with Gasteiger partial charge in [-0.2, -0.15) is 0 Å². The number of nitrogens with one attached hydrogen (secondary N) is 1. The van der Waals surface area contributed by atoms with Crippen molar-refractivity contribution < 1.29 is 14.2 Å². The number of benzene rings is 1. The SMILES string of the molecule is COc1cc(OC)c(CN2CCCCC2c2ncc[nH]2)c(OC)c1. The first-order valence-corrected chi connectivity index (χ1v) is 8.29. The Morgan fingerprint density at radius 1 is 1.12 bits per heavy atom. The van der Waals surface area contributed by atoms with Crippen molar-refractivity contribution in [1.29, 1.82) is 0 Å². The number of hydrogen-bond acceptors (Lipinski definition) is 5. The van der Waals surface area contributed by atoms with Gasteiger partial charge < -0.3 is 19.2 Å². The van der Waals surface area contributed by atoms with Crippen molar-refractivity contribution in [3.8, 4) is 17.2 Å². The molecule has 0 saturated carbocycles. The van der Waals surface area contributed by atoms with Crippen LogP contribution in [0, 0.1) is 0 Å². The molecule has 1 aliphatic heterocycles. The third kappa shape index (κ3) is 3.33. The Morgan fingerprint density at radius 3 is 2.46 bits per heavy atom. The molecule has 1 aromatic heterocycles. The fourth-order valence-corrected chi connectivity index (χ4v) is 3.39. The van der Waals surface area contributed by atoms with Crippen LogP contribution in [0.3, 0.4) is 0 Å². The zero-order valence-electron chi connectivity index (χ0n) is 14.5. The summed E-state index contributed by atoms with van der Waals surface area (Å²) in [6, 6.07) is 4.11. The summed E-state index contributed by atoms with van der Waals surface area (Å²) < 4.78 is 16.5. The van der Waals surface area contributed by atoms with Crippen molar-refractivity contribution >= 4 is 0 Å². The standard InChI is InChI=1S/C18H25N3O3/c1-22-13-10-16(23-2)14(17(11-13)24-3)12-21-9-5-4-6-15(21)18-19-7-8-20-18/h7-8,10-11,15H,4-6,9,12H2,1-3H3,(H,19,20). The first-order valence-electron chi connectivity index (χ1n) is 8.29. The van der Waals surface area contributed by atoms with Crippen LogP contribution in [0.5, 0.6) is 17.2 Å². The van der Waals surface area contributed by atoms with Gasteiger partial charge in [-0.25, -0.2) is 4.98 Å². The van der Waals surface area contributed by atoms with Gasteiger partial charge in [0.2, 0.25) is 0 Å². The Labute approximate surface area is 142 Å². The fraction of sp³-hybridized carbons (Fsp3) is 0.500. The molecule has 0 aliphatic carbocycles. The van der Waals surface area contributed by atoms with E-state index in [4.69, 9.17) is 14.2 Å². The van der Waals surface area contributed by atoms with E-state index in [9.17, 15) is 0 Å². The van der Waals surface area contributed by atoms with Gasteiger partial charge in [-0.15, -0.1) is 0 Å². The minimum atomic E-state index is 0.297. The van der Waals surface area contributed by atoms with E-state index in [1.54, 1.807) is 21.3 Å². The molecule has 6 heteroatoms. The number of nitrogens with zero attached hydrogens (tertiary/aromatic N) is 2. The minimum Gasteiger partial charge on any atom is -0.496 e. The molecule has 1 fully saturated rings. The number of hydrogen-bond donors (Lipinski definition) is 1. The Hall–Kier alpha value is -2.21. The number of rotatable bonds is 6. The molecular weight excluding hydrogens is 306 g/mol. The van der Waals surface area contributed by atoms with Gasteiger partial charge in [-0.05, 0) is 19.4 Å². The highest BCUT2D eigenvalue weighted by Crippen LogP contribution is 2.38. The van der Waals surface area contributed by atoms with E-state index in [2.05, 4.69) is 14.9 Å². The van der Waals surface area contributed by atoms with Crippen molar-refractivity contribution in [2.24, 2.45) is 0 Å². The number of H-pyrrole nitrogens is 1. The zero-order chi connectivity index (χ0) is 16.9. The molecule has 6 nitrogen and oxygen atoms in total. The van der Waals surface area contributed by atoms with Crippen LogP contribution in [-0.2, 0) is 6.54 Å². The number of aromatic amines is 1. The van der Waals surface area contributed by atoms with Gasteiger partial charge in [0.15, 0.2) is 0 Å². The lowest BCUT2D eigenvalue weighted by molar-refractivity contribution is 0.131. The fourth-order valence-electron chi connectivity index (χ4n) is 3.39. The summed E-state index contributed by atoms with van der Waals surface area (Å²) in [6.07, 6.45) is 7.22. The number of likely N-dealkylation sites (tertiary alicyclic amines) is 1. The maximum absolute atomic E-state index is 5.59. The van der Waals surface area contributed by atoms with Crippen LogP contribution in [0.1, 0.15) is 36.7 Å². The second kappa shape index (κ2) is 7.57. The van der Waals surface area contributed by atoms with Crippen LogP contribution < -0.4 is 14.2 Å². The summed E-state index contributed by atoms with van der Waals surface area (Å²) in [4.78, 5) is 10.2. The van der Waals surface area contributed by atoms with Gasteiger partial charge in [0.05, 0.1) is 32.9 Å². The van der Waals surface area contributed by atoms with E-state index in [1.165, 1.54) is 12.8 Å². The number of ether oxygens (including phenoxy) is 3. The summed E-state index contributed by atoms with van der Waals surface area (Å²) >= 11 is 0. The van der Waals surface area contributed by atoms with Crippen LogP contribution in [0.25, 0.3) is 0 Å². The van der Waals surface area contributed by atoms with E-state index in [0.717, 1.165) is 48.1 Å². The molecule has 2 heterocycles. The summed E-state index contributed by atoms with van der Waals surface area (Å²) in [5, 5.41) is 0. The number of imidazole rings is 1. The molecule has 3 rings (SSSR count). The van der Waals surface area contributed by atoms with E-state index >= 15 is 0 Å². The molecular formula is C18H25N3O3. The molecule has 1 saturated heterocycles. The van der Waals surface area contributed by atoms with Gasteiger partial charge in [-0.1, -0.05) is 6.42 Å². The molecule has 0 bridgehead atoms. The van der Waals surface area contributed by atoms with Crippen molar-refractivity contribution in [2.75, 3.05) is 27.9 Å². The monoisotopic (exact) mass is 331 g/mol. The Balaban J connectivity index is 1.91. The molecule has 1 aliphatic rings. The average Bonchev–Trinajstić information content (AvgIpc) is 3.16. The quantitative estimate of drug-likeness (QED) is 0.881. The lowest BCUT2D eigenvalue weighted by Crippen LogP contribution is -2.33. The van der Waals surface area contributed by atoms with Crippen LogP contribution in [0.15, 0.2) is 24.5 Å². The third-order valence-corrected chi connectivity index (χ3v) is 4.63. The second-order valence-electron chi connectivity index (χ2n) is 5.97. The van der Waals surface area contributed by atoms with E-state index in [0.29, 0.717) is 6.04 Å². The molecule has 24 heavy (non-hydrogen) atoms. The molecule has 1 aromatic carbocycles. The van der Waals surface area contributed by atoms with Crippen molar-refractivity contribution in [3.63, 3.8) is 0 Å². The molecule has 0 spiro atoms. The van der Waals surface area contributed by atoms with Gasteiger partial charge in [0, 0.05) is 31.1 Å². The van der Waals surface area contributed by atoms with Crippen molar-refractivity contribution in [2.45, 2.75) is 31.8 Å². The molecule has 130 valence electrons. The van der Waals surface area contributed by atoms with Crippen molar-refractivity contribution in [1.82, 2.24) is 14.9 Å². The van der Waals surface area contributed by atoms with Crippen LogP contribution in [-0.4, -0.2) is 42.7 Å². The number of methoxy groups -OCH3 is 3. The Kier molecular flexibility index (Phi) is 5.25. The van der Waals surface area contributed by atoms with Crippen LogP contribution in [0.2, 0.25) is 0 Å². The van der Waals surface area contributed by atoms with Crippen molar-refractivity contribution in [3.05, 3.63) is 35.9 Å². The number of aromatic nitrogens is 2. The molecule has 1 atom stereocenters. The van der Waals surface area contributed by atoms with E-state index < -0.39 is 0 Å². The summed E-state index contributed by atoms with van der Waals surface area (Å²) in [5.74, 6) is 3.33. The third-order valence-electron chi connectivity index (χ3n) is 4.63. The number of piperidine rings is 1. The van der Waals surface area contributed by atoms with Gasteiger partial charge in [0.25, 0.3) is 0 Å². The topological polar surface area (TPSA) is 59.6 Å². The second-order valence-corrected chi connectivity index (χ2v) is 5.97. The lowest BCUT2D eigenvalue weighted by atomic mass is 10.00. The highest BCUT2D eigenvalue weighted by atomic mass is 16.5. The maximum atomic E-state index is 5.59. The normalized spacial score (nSPS) is 18.4. The average molecular weight is 331 g/mol. The molecule has 1 N–H and O–H groups in total. The molecule has 0 radical (unpaired) electrons. The summed E-state index contributed by atoms with van der Waals surface area (Å²) in [6.45, 7) is 1.78. The Bertz CT molecular complexity index is 633. The van der Waals surface area contributed by atoms with E-state index in [1.807, 2.05) is 24.5 Å². The largest absolute Gasteiger partial charge is 0.496 e. The zero-order valence-corrected chi connectivity index (χ0v) is 14.5. The molecule has 1 unspecified atom stereocenters. The van der Waals surface area contributed by atoms with Gasteiger partial charge >= 0.3 is 0 Å². The Morgan fingerprint density at radius 2 is 1.88 bits per heavy atom. The summed E-state index contributed by atoms with van der Waals surface area (Å²) in [5.41, 5.74) is 1.04. The maximum Gasteiger partial charge on any atom is 0.130 e.